The molecule has 16 heavy (non-hydrogen) atoms. The van der Waals surface area contributed by atoms with Crippen molar-refractivity contribution < 1.29 is 0 Å². The van der Waals surface area contributed by atoms with E-state index in [1.54, 1.807) is 0 Å². The van der Waals surface area contributed by atoms with Crippen LogP contribution in [0.3, 0.4) is 0 Å². The lowest BCUT2D eigenvalue weighted by molar-refractivity contribution is 0.696. The lowest BCUT2D eigenvalue weighted by Gasteiger charge is -2.29. The molecule has 1 aliphatic rings. The fourth-order valence-electron chi connectivity index (χ4n) is 2.13. The van der Waals surface area contributed by atoms with Gasteiger partial charge in [-0.3, -0.25) is 0 Å². The third kappa shape index (κ3) is 2.31. The topological polar surface area (TPSA) is 29.3 Å². The maximum Gasteiger partial charge on any atom is 0.0642 e. The molecule has 1 saturated heterocycles. The first-order valence-electron chi connectivity index (χ1n) is 5.52. The number of anilines is 1. The van der Waals surface area contributed by atoms with Crippen LogP contribution in [-0.4, -0.2) is 24.6 Å². The molecule has 2 N–H and O–H groups in total. The van der Waals surface area contributed by atoms with Crippen molar-refractivity contribution in [2.45, 2.75) is 19.0 Å². The van der Waals surface area contributed by atoms with Gasteiger partial charge in [-0.15, -0.1) is 0 Å². The normalized spacial score (nSPS) is 20.1. The summed E-state index contributed by atoms with van der Waals surface area (Å²) in [6.45, 7) is 0.542. The lowest BCUT2D eigenvalue weighted by atomic mass is 10.1. The Morgan fingerprint density at radius 2 is 2.38 bits per heavy atom. The second-order valence-electron chi connectivity index (χ2n) is 4.08. The van der Waals surface area contributed by atoms with Crippen molar-refractivity contribution in [1.82, 2.24) is 0 Å². The van der Waals surface area contributed by atoms with Gasteiger partial charge in [0, 0.05) is 25.4 Å². The molecular formula is C12H17ClN2S. The van der Waals surface area contributed by atoms with Crippen LogP contribution in [-0.2, 0) is 6.54 Å². The number of hydrogen-bond donors (Lipinski definition) is 1. The first-order valence-corrected chi connectivity index (χ1v) is 7.05. The molecule has 0 bridgehead atoms. The molecule has 1 unspecified atom stereocenters. The molecular weight excluding hydrogens is 240 g/mol. The average Bonchev–Trinajstić information content (AvgIpc) is 2.81. The van der Waals surface area contributed by atoms with E-state index in [2.05, 4.69) is 18.0 Å². The van der Waals surface area contributed by atoms with Crippen LogP contribution in [0.25, 0.3) is 0 Å². The van der Waals surface area contributed by atoms with Crippen molar-refractivity contribution in [2.75, 3.05) is 23.5 Å². The van der Waals surface area contributed by atoms with E-state index in [0.29, 0.717) is 12.6 Å². The summed E-state index contributed by atoms with van der Waals surface area (Å²) in [6.07, 6.45) is 1.23. The highest BCUT2D eigenvalue weighted by molar-refractivity contribution is 7.99. The monoisotopic (exact) mass is 256 g/mol. The average molecular weight is 257 g/mol. The van der Waals surface area contributed by atoms with Crippen molar-refractivity contribution in [3.05, 3.63) is 28.8 Å². The van der Waals surface area contributed by atoms with Crippen LogP contribution in [0, 0.1) is 0 Å². The quantitative estimate of drug-likeness (QED) is 0.902. The van der Waals surface area contributed by atoms with E-state index in [9.17, 15) is 0 Å². The number of thioether (sulfide) groups is 1. The van der Waals surface area contributed by atoms with Crippen LogP contribution < -0.4 is 10.6 Å². The van der Waals surface area contributed by atoms with Crippen LogP contribution >= 0.6 is 23.4 Å². The maximum atomic E-state index is 6.28. The predicted octanol–water partition coefficient (Wildman–Crippen LogP) is 2.74. The van der Waals surface area contributed by atoms with E-state index < -0.39 is 0 Å². The summed E-state index contributed by atoms with van der Waals surface area (Å²) in [7, 11) is 2.12. The Balaban J connectivity index is 2.30. The Hall–Kier alpha value is -0.380. The Bertz CT molecular complexity index is 364. The SMILES string of the molecule is CN(c1c(Cl)cccc1CN)C1CCSC1. The second-order valence-corrected chi connectivity index (χ2v) is 5.64. The minimum Gasteiger partial charge on any atom is -0.369 e. The number of benzene rings is 1. The van der Waals surface area contributed by atoms with E-state index >= 15 is 0 Å². The van der Waals surface area contributed by atoms with Gasteiger partial charge >= 0.3 is 0 Å². The van der Waals surface area contributed by atoms with Crippen molar-refractivity contribution >= 4 is 29.1 Å². The molecule has 2 rings (SSSR count). The molecule has 0 radical (unpaired) electrons. The smallest absolute Gasteiger partial charge is 0.0642 e. The molecule has 1 aromatic rings. The third-order valence-corrected chi connectivity index (χ3v) is 4.55. The maximum absolute atomic E-state index is 6.28. The highest BCUT2D eigenvalue weighted by Crippen LogP contribution is 2.33. The van der Waals surface area contributed by atoms with E-state index in [0.717, 1.165) is 16.3 Å². The Kier molecular flexibility index (Phi) is 4.00. The second kappa shape index (κ2) is 5.30. The molecule has 1 heterocycles. The largest absolute Gasteiger partial charge is 0.369 e. The molecule has 1 fully saturated rings. The van der Waals surface area contributed by atoms with Crippen molar-refractivity contribution in [3.63, 3.8) is 0 Å². The molecule has 0 saturated carbocycles. The van der Waals surface area contributed by atoms with Crippen molar-refractivity contribution in [3.8, 4) is 0 Å². The number of para-hydroxylation sites is 1. The van der Waals surface area contributed by atoms with Gasteiger partial charge < -0.3 is 10.6 Å². The lowest BCUT2D eigenvalue weighted by Crippen LogP contribution is -2.32. The first-order chi connectivity index (χ1) is 7.74. The van der Waals surface area contributed by atoms with Gasteiger partial charge in [0.05, 0.1) is 10.7 Å². The summed E-state index contributed by atoms with van der Waals surface area (Å²) in [5.41, 5.74) is 8.01. The summed E-state index contributed by atoms with van der Waals surface area (Å²) in [4.78, 5) is 2.30. The van der Waals surface area contributed by atoms with E-state index in [1.807, 2.05) is 23.9 Å². The zero-order valence-corrected chi connectivity index (χ0v) is 11.0. The number of nitrogens with two attached hydrogens (primary N) is 1. The fraction of sp³-hybridized carbons (Fsp3) is 0.500. The van der Waals surface area contributed by atoms with Crippen LogP contribution in [0.2, 0.25) is 5.02 Å². The zero-order chi connectivity index (χ0) is 11.5. The van der Waals surface area contributed by atoms with E-state index in [-0.39, 0.29) is 0 Å². The molecule has 0 spiro atoms. The number of hydrogen-bond acceptors (Lipinski definition) is 3. The van der Waals surface area contributed by atoms with Crippen LogP contribution in [0.15, 0.2) is 18.2 Å². The van der Waals surface area contributed by atoms with Crippen molar-refractivity contribution in [1.29, 1.82) is 0 Å². The molecule has 4 heteroatoms. The van der Waals surface area contributed by atoms with Crippen LogP contribution in [0.5, 0.6) is 0 Å². The Morgan fingerprint density at radius 1 is 1.56 bits per heavy atom. The van der Waals surface area contributed by atoms with Crippen LogP contribution in [0.4, 0.5) is 5.69 Å². The van der Waals surface area contributed by atoms with Gasteiger partial charge in [0.2, 0.25) is 0 Å². The Labute approximate surface area is 106 Å². The summed E-state index contributed by atoms with van der Waals surface area (Å²) in [6, 6.07) is 6.55. The van der Waals surface area contributed by atoms with E-state index in [4.69, 9.17) is 17.3 Å². The summed E-state index contributed by atoms with van der Waals surface area (Å²) >= 11 is 8.29. The highest BCUT2D eigenvalue weighted by atomic mass is 35.5. The minimum absolute atomic E-state index is 0.542. The number of halogens is 1. The Morgan fingerprint density at radius 3 is 3.00 bits per heavy atom. The van der Waals surface area contributed by atoms with Gasteiger partial charge in [0.15, 0.2) is 0 Å². The van der Waals surface area contributed by atoms with Gasteiger partial charge in [-0.05, 0) is 23.8 Å². The minimum atomic E-state index is 0.542. The predicted molar refractivity (Wildman–Crippen MR) is 73.5 cm³/mol. The summed E-state index contributed by atoms with van der Waals surface area (Å²) < 4.78 is 0. The molecule has 0 amide bonds. The van der Waals surface area contributed by atoms with E-state index in [1.165, 1.54) is 17.9 Å². The molecule has 1 atom stereocenters. The first kappa shape index (κ1) is 12.1. The zero-order valence-electron chi connectivity index (χ0n) is 9.45. The van der Waals surface area contributed by atoms with Crippen molar-refractivity contribution in [2.24, 2.45) is 5.73 Å². The molecule has 0 aromatic heterocycles. The fourth-order valence-corrected chi connectivity index (χ4v) is 3.72. The molecule has 2 nitrogen and oxygen atoms in total. The molecule has 88 valence electrons. The summed E-state index contributed by atoms with van der Waals surface area (Å²) in [5.74, 6) is 2.43. The number of nitrogens with zero attached hydrogens (tertiary/aromatic N) is 1. The summed E-state index contributed by atoms with van der Waals surface area (Å²) in [5, 5.41) is 0.808. The molecule has 1 aliphatic heterocycles. The highest BCUT2D eigenvalue weighted by Gasteiger charge is 2.23. The van der Waals surface area contributed by atoms with Gasteiger partial charge in [-0.25, -0.2) is 0 Å². The van der Waals surface area contributed by atoms with Crippen LogP contribution in [0.1, 0.15) is 12.0 Å². The van der Waals surface area contributed by atoms with Gasteiger partial charge in [0.25, 0.3) is 0 Å². The molecule has 0 aliphatic carbocycles. The third-order valence-electron chi connectivity index (χ3n) is 3.10. The van der Waals surface area contributed by atoms with Gasteiger partial charge in [0.1, 0.15) is 0 Å². The standard InChI is InChI=1S/C12H17ClN2S/c1-15(10-5-6-16-8-10)12-9(7-14)3-2-4-11(12)13/h2-4,10H,5-8,14H2,1H3. The number of rotatable bonds is 3. The van der Waals surface area contributed by atoms with Gasteiger partial charge in [-0.1, -0.05) is 23.7 Å². The molecule has 1 aromatic carbocycles. The van der Waals surface area contributed by atoms with Gasteiger partial charge in [-0.2, -0.15) is 11.8 Å².